The molecular weight excluding hydrogens is 326 g/mol. The summed E-state index contributed by atoms with van der Waals surface area (Å²) in [6.07, 6.45) is 4.05. The molecule has 0 amide bonds. The number of benzene rings is 1. The topological polar surface area (TPSA) is 63.0 Å². The average molecular weight is 351 g/mol. The number of aryl methyl sites for hydroxylation is 1. The number of pyridine rings is 1. The zero-order chi connectivity index (χ0) is 18.5. The highest BCUT2D eigenvalue weighted by molar-refractivity contribution is 5.80. The molecule has 0 aliphatic carbocycles. The van der Waals surface area contributed by atoms with Crippen molar-refractivity contribution in [1.29, 1.82) is 0 Å². The molecule has 0 bridgehead atoms. The van der Waals surface area contributed by atoms with Gasteiger partial charge in [-0.2, -0.15) is 0 Å². The molecule has 1 atom stereocenters. The van der Waals surface area contributed by atoms with Crippen LogP contribution >= 0.6 is 0 Å². The van der Waals surface area contributed by atoms with Gasteiger partial charge in [-0.15, -0.1) is 0 Å². The minimum atomic E-state index is 0.0565. The van der Waals surface area contributed by atoms with E-state index in [1.54, 1.807) is 14.2 Å². The highest BCUT2D eigenvalue weighted by Crippen LogP contribution is 2.24. The summed E-state index contributed by atoms with van der Waals surface area (Å²) in [5, 5.41) is 6.72. The van der Waals surface area contributed by atoms with Gasteiger partial charge in [0.25, 0.3) is 0 Å². The number of fused-ring (bicyclic) bond motifs is 1. The first-order valence-electron chi connectivity index (χ1n) is 8.65. The second-order valence-corrected chi connectivity index (χ2v) is 6.24. The Bertz CT molecular complexity index is 915. The summed E-state index contributed by atoms with van der Waals surface area (Å²) in [5.74, 6) is 1.58. The molecule has 0 spiro atoms. The Morgan fingerprint density at radius 1 is 1.31 bits per heavy atom. The van der Waals surface area contributed by atoms with E-state index in [0.717, 1.165) is 28.6 Å². The lowest BCUT2D eigenvalue weighted by Gasteiger charge is -2.19. The van der Waals surface area contributed by atoms with Crippen LogP contribution in [-0.2, 0) is 6.54 Å². The maximum absolute atomic E-state index is 5.44. The molecule has 0 aliphatic rings. The lowest BCUT2D eigenvalue weighted by atomic mass is 10.1. The summed E-state index contributed by atoms with van der Waals surface area (Å²) in [6, 6.07) is 12.2. The molecular formula is C20H25N5O. The Labute approximate surface area is 153 Å². The zero-order valence-electron chi connectivity index (χ0n) is 15.7. The number of hydrogen-bond donors (Lipinski definition) is 2. The molecule has 0 fully saturated rings. The van der Waals surface area contributed by atoms with Gasteiger partial charge in [-0.1, -0.05) is 18.2 Å². The van der Waals surface area contributed by atoms with E-state index in [1.807, 2.05) is 41.1 Å². The van der Waals surface area contributed by atoms with Crippen molar-refractivity contribution in [2.45, 2.75) is 26.4 Å². The first-order chi connectivity index (χ1) is 12.6. The second-order valence-electron chi connectivity index (χ2n) is 6.24. The number of nitrogens with one attached hydrogen (secondary N) is 2. The monoisotopic (exact) mass is 351 g/mol. The maximum Gasteiger partial charge on any atom is 0.191 e. The fourth-order valence-electron chi connectivity index (χ4n) is 2.90. The van der Waals surface area contributed by atoms with Gasteiger partial charge in [0.2, 0.25) is 0 Å². The lowest BCUT2D eigenvalue weighted by molar-refractivity contribution is 0.405. The van der Waals surface area contributed by atoms with Crippen LogP contribution in [0.15, 0.2) is 53.8 Å². The van der Waals surface area contributed by atoms with Crippen LogP contribution in [0.3, 0.4) is 0 Å². The fourth-order valence-corrected chi connectivity index (χ4v) is 2.90. The normalized spacial score (nSPS) is 12.8. The molecule has 26 heavy (non-hydrogen) atoms. The van der Waals surface area contributed by atoms with E-state index in [-0.39, 0.29) is 6.04 Å². The minimum absolute atomic E-state index is 0.0565. The first-order valence-corrected chi connectivity index (χ1v) is 8.65. The Morgan fingerprint density at radius 3 is 2.88 bits per heavy atom. The summed E-state index contributed by atoms with van der Waals surface area (Å²) in [4.78, 5) is 8.95. The number of aromatic nitrogens is 2. The Hall–Kier alpha value is -3.02. The van der Waals surface area contributed by atoms with Crippen LogP contribution in [-0.4, -0.2) is 29.5 Å². The summed E-state index contributed by atoms with van der Waals surface area (Å²) in [5.41, 5.74) is 4.20. The van der Waals surface area contributed by atoms with Crippen molar-refractivity contribution < 1.29 is 4.74 Å². The predicted molar refractivity (Wildman–Crippen MR) is 105 cm³/mol. The van der Waals surface area contributed by atoms with Crippen LogP contribution in [0.4, 0.5) is 0 Å². The van der Waals surface area contributed by atoms with Gasteiger partial charge in [0.15, 0.2) is 5.96 Å². The van der Waals surface area contributed by atoms with Crippen molar-refractivity contribution in [2.75, 3.05) is 14.2 Å². The summed E-state index contributed by atoms with van der Waals surface area (Å²) < 4.78 is 7.47. The number of nitrogens with zero attached hydrogens (tertiary/aromatic N) is 3. The van der Waals surface area contributed by atoms with Crippen molar-refractivity contribution in [3.63, 3.8) is 0 Å². The van der Waals surface area contributed by atoms with Gasteiger partial charge in [-0.05, 0) is 37.6 Å². The number of para-hydroxylation sites is 1. The van der Waals surface area contributed by atoms with Gasteiger partial charge in [0.05, 0.1) is 25.4 Å². The smallest absolute Gasteiger partial charge is 0.191 e. The zero-order valence-corrected chi connectivity index (χ0v) is 15.7. The van der Waals surface area contributed by atoms with Gasteiger partial charge in [0.1, 0.15) is 11.4 Å². The second kappa shape index (κ2) is 7.91. The average Bonchev–Trinajstić information content (AvgIpc) is 3.06. The highest BCUT2D eigenvalue weighted by Gasteiger charge is 2.12. The summed E-state index contributed by atoms with van der Waals surface area (Å²) in [6.45, 7) is 4.75. The molecule has 0 saturated carbocycles. The Morgan fingerprint density at radius 2 is 2.12 bits per heavy atom. The molecule has 0 aliphatic heterocycles. The standard InChI is InChI=1S/C20H25N5O/c1-14-9-10-25-13-16(24-19(25)11-14)12-22-20(21-3)23-15(2)17-7-5-6-8-18(17)26-4/h5-11,13,15H,12H2,1-4H3,(H2,21,22,23). The molecule has 0 radical (unpaired) electrons. The molecule has 3 aromatic rings. The molecule has 1 unspecified atom stereocenters. The largest absolute Gasteiger partial charge is 0.496 e. The number of aliphatic imine (C=N–C) groups is 1. The minimum Gasteiger partial charge on any atom is -0.496 e. The van der Waals surface area contributed by atoms with Gasteiger partial charge in [0, 0.05) is 25.0 Å². The molecule has 2 N–H and O–H groups in total. The SMILES string of the molecule is CN=C(NCc1cn2ccc(C)cc2n1)NC(C)c1ccccc1OC. The van der Waals surface area contributed by atoms with Crippen molar-refractivity contribution in [2.24, 2.45) is 4.99 Å². The van der Waals surface area contributed by atoms with E-state index >= 15 is 0 Å². The molecule has 6 heteroatoms. The van der Waals surface area contributed by atoms with Crippen LogP contribution in [0.5, 0.6) is 5.75 Å². The van der Waals surface area contributed by atoms with Crippen LogP contribution in [0.1, 0.15) is 29.8 Å². The quantitative estimate of drug-likeness (QED) is 0.548. The summed E-state index contributed by atoms with van der Waals surface area (Å²) >= 11 is 0. The van der Waals surface area contributed by atoms with E-state index in [1.165, 1.54) is 5.56 Å². The van der Waals surface area contributed by atoms with Gasteiger partial charge in [-0.3, -0.25) is 4.99 Å². The molecule has 1 aromatic carbocycles. The molecule has 136 valence electrons. The number of methoxy groups -OCH3 is 1. The number of hydrogen-bond acceptors (Lipinski definition) is 3. The van der Waals surface area contributed by atoms with E-state index in [4.69, 9.17) is 4.74 Å². The third-order valence-corrected chi connectivity index (χ3v) is 4.28. The van der Waals surface area contributed by atoms with Crippen molar-refractivity contribution in [3.8, 4) is 5.75 Å². The molecule has 0 saturated heterocycles. The third kappa shape index (κ3) is 3.96. The maximum atomic E-state index is 5.44. The molecule has 2 heterocycles. The third-order valence-electron chi connectivity index (χ3n) is 4.28. The van der Waals surface area contributed by atoms with Gasteiger partial charge < -0.3 is 19.8 Å². The van der Waals surface area contributed by atoms with Crippen LogP contribution in [0, 0.1) is 6.92 Å². The first kappa shape index (κ1) is 17.8. The van der Waals surface area contributed by atoms with E-state index in [2.05, 4.69) is 46.6 Å². The molecule has 6 nitrogen and oxygen atoms in total. The number of imidazole rings is 1. The van der Waals surface area contributed by atoms with Crippen LogP contribution < -0.4 is 15.4 Å². The Kier molecular flexibility index (Phi) is 5.41. The summed E-state index contributed by atoms with van der Waals surface area (Å²) in [7, 11) is 3.45. The van der Waals surface area contributed by atoms with Gasteiger partial charge >= 0.3 is 0 Å². The lowest BCUT2D eigenvalue weighted by Crippen LogP contribution is -2.38. The van der Waals surface area contributed by atoms with E-state index < -0.39 is 0 Å². The van der Waals surface area contributed by atoms with E-state index in [9.17, 15) is 0 Å². The van der Waals surface area contributed by atoms with Crippen molar-refractivity contribution in [1.82, 2.24) is 20.0 Å². The van der Waals surface area contributed by atoms with E-state index in [0.29, 0.717) is 6.54 Å². The van der Waals surface area contributed by atoms with Crippen LogP contribution in [0.2, 0.25) is 0 Å². The van der Waals surface area contributed by atoms with Crippen molar-refractivity contribution in [3.05, 3.63) is 65.6 Å². The van der Waals surface area contributed by atoms with Crippen molar-refractivity contribution >= 4 is 11.6 Å². The number of rotatable bonds is 5. The predicted octanol–water partition coefficient (Wildman–Crippen LogP) is 3.08. The van der Waals surface area contributed by atoms with Gasteiger partial charge in [-0.25, -0.2) is 4.98 Å². The Balaban J connectivity index is 1.65. The fraction of sp³-hybridized carbons (Fsp3) is 0.300. The number of ether oxygens (including phenoxy) is 1. The van der Waals surface area contributed by atoms with Crippen LogP contribution in [0.25, 0.3) is 5.65 Å². The highest BCUT2D eigenvalue weighted by atomic mass is 16.5. The number of guanidine groups is 1. The molecule has 3 rings (SSSR count). The molecule has 2 aromatic heterocycles.